The number of hydrogen-bond acceptors (Lipinski definition) is 2. The van der Waals surface area contributed by atoms with E-state index in [-0.39, 0.29) is 17.0 Å². The molecule has 1 N–H and O–H groups in total. The maximum absolute atomic E-state index is 13.8. The molecule has 0 radical (unpaired) electrons. The molecule has 0 aliphatic rings. The minimum atomic E-state index is -0.991. The van der Waals surface area contributed by atoms with Crippen molar-refractivity contribution in [3.8, 4) is 0 Å². The van der Waals surface area contributed by atoms with Gasteiger partial charge in [-0.25, -0.2) is 8.78 Å². The highest BCUT2D eigenvalue weighted by Crippen LogP contribution is 2.23. The highest BCUT2D eigenvalue weighted by Gasteiger charge is 2.22. The molecule has 5 heteroatoms. The lowest BCUT2D eigenvalue weighted by Gasteiger charge is -2.28. The van der Waals surface area contributed by atoms with Crippen LogP contribution in [0.1, 0.15) is 70.7 Å². The second-order valence-corrected chi connectivity index (χ2v) is 8.61. The monoisotopic (exact) mass is 376 g/mol. The summed E-state index contributed by atoms with van der Waals surface area (Å²) < 4.78 is 27.0. The average molecular weight is 376 g/mol. The number of hydrogen-bond donors (Lipinski definition) is 1. The molecule has 1 aromatic heterocycles. The van der Waals surface area contributed by atoms with Crippen molar-refractivity contribution in [3.05, 3.63) is 41.6 Å². The Morgan fingerprint density at radius 3 is 2.52 bits per heavy atom. The summed E-state index contributed by atoms with van der Waals surface area (Å²) in [6.07, 6.45) is 5.62. The second-order valence-electron chi connectivity index (χ2n) is 8.61. The molecule has 0 aliphatic carbocycles. The zero-order chi connectivity index (χ0) is 20.2. The summed E-state index contributed by atoms with van der Waals surface area (Å²) in [6, 6.07) is 4.02. The van der Waals surface area contributed by atoms with E-state index in [1.807, 2.05) is 13.8 Å². The summed E-state index contributed by atoms with van der Waals surface area (Å²) in [5, 5.41) is 3.44. The van der Waals surface area contributed by atoms with Crippen LogP contribution in [0.2, 0.25) is 0 Å². The van der Waals surface area contributed by atoms with E-state index in [9.17, 15) is 13.6 Å². The standard InChI is InChI=1S/C22H30F2N2O/c1-14(2)6-7-15(3)10-11-22(4,5)26-21(27)17-12-16-8-9-18(23)19(24)20(16)25-13-17/h8-9,12-15H,6-7,10-11H2,1-5H3,(H,26,27). The molecule has 1 unspecified atom stereocenters. The van der Waals surface area contributed by atoms with Crippen molar-refractivity contribution in [2.45, 2.75) is 65.8 Å². The number of nitrogens with zero attached hydrogens (tertiary/aromatic N) is 1. The number of fused-ring (bicyclic) bond motifs is 1. The number of amides is 1. The fraction of sp³-hybridized carbons (Fsp3) is 0.545. The molecule has 1 aromatic carbocycles. The molecule has 148 valence electrons. The molecule has 0 saturated carbocycles. The van der Waals surface area contributed by atoms with Crippen LogP contribution in [-0.4, -0.2) is 16.4 Å². The summed E-state index contributed by atoms with van der Waals surface area (Å²) >= 11 is 0. The molecule has 1 atom stereocenters. The molecule has 0 saturated heterocycles. The van der Waals surface area contributed by atoms with Gasteiger partial charge in [0.05, 0.1) is 5.56 Å². The summed E-state index contributed by atoms with van der Waals surface area (Å²) in [6.45, 7) is 10.7. The normalized spacial score (nSPS) is 13.2. The van der Waals surface area contributed by atoms with Crippen molar-refractivity contribution in [2.24, 2.45) is 11.8 Å². The third kappa shape index (κ3) is 5.98. The molecule has 1 heterocycles. The van der Waals surface area contributed by atoms with Crippen LogP contribution in [0.4, 0.5) is 8.78 Å². The topological polar surface area (TPSA) is 42.0 Å². The molecule has 0 bridgehead atoms. The van der Waals surface area contributed by atoms with Crippen molar-refractivity contribution in [2.75, 3.05) is 0 Å². The molecule has 1 amide bonds. The molecule has 2 aromatic rings. The zero-order valence-electron chi connectivity index (χ0n) is 16.9. The van der Waals surface area contributed by atoms with Gasteiger partial charge in [-0.05, 0) is 56.7 Å². The smallest absolute Gasteiger partial charge is 0.253 e. The van der Waals surface area contributed by atoms with E-state index in [2.05, 4.69) is 31.1 Å². The van der Waals surface area contributed by atoms with Gasteiger partial charge in [0.2, 0.25) is 0 Å². The van der Waals surface area contributed by atoms with E-state index in [0.717, 1.165) is 18.9 Å². The second kappa shape index (κ2) is 8.77. The minimum Gasteiger partial charge on any atom is -0.347 e. The number of pyridine rings is 1. The summed E-state index contributed by atoms with van der Waals surface area (Å²) in [5.74, 6) is -0.869. The molecule has 0 spiro atoms. The van der Waals surface area contributed by atoms with Crippen LogP contribution in [0.3, 0.4) is 0 Å². The Kier molecular flexibility index (Phi) is 6.90. The Balaban J connectivity index is 2.00. The maximum atomic E-state index is 13.8. The van der Waals surface area contributed by atoms with E-state index in [0.29, 0.717) is 22.8 Å². The molecular formula is C22H30F2N2O. The number of nitrogens with one attached hydrogen (secondary N) is 1. The Morgan fingerprint density at radius 1 is 1.15 bits per heavy atom. The van der Waals surface area contributed by atoms with Gasteiger partial charge in [0, 0.05) is 17.1 Å². The van der Waals surface area contributed by atoms with Gasteiger partial charge >= 0.3 is 0 Å². The number of aromatic nitrogens is 1. The molecule has 27 heavy (non-hydrogen) atoms. The fourth-order valence-electron chi connectivity index (χ4n) is 3.08. The number of carbonyl (C=O) groups is 1. The van der Waals surface area contributed by atoms with E-state index >= 15 is 0 Å². The van der Waals surface area contributed by atoms with Crippen LogP contribution < -0.4 is 5.32 Å². The van der Waals surface area contributed by atoms with Crippen molar-refractivity contribution in [3.63, 3.8) is 0 Å². The van der Waals surface area contributed by atoms with Crippen LogP contribution in [0.5, 0.6) is 0 Å². The third-order valence-corrected chi connectivity index (χ3v) is 4.96. The Labute approximate surface area is 160 Å². The summed E-state index contributed by atoms with van der Waals surface area (Å²) in [5.41, 5.74) is -0.0779. The van der Waals surface area contributed by atoms with Crippen molar-refractivity contribution >= 4 is 16.8 Å². The third-order valence-electron chi connectivity index (χ3n) is 4.96. The van der Waals surface area contributed by atoms with Crippen LogP contribution >= 0.6 is 0 Å². The first-order valence-corrected chi connectivity index (χ1v) is 9.65. The quantitative estimate of drug-likeness (QED) is 0.626. The Hall–Kier alpha value is -2.04. The highest BCUT2D eigenvalue weighted by atomic mass is 19.2. The van der Waals surface area contributed by atoms with Gasteiger partial charge in [0.15, 0.2) is 11.6 Å². The number of carbonyl (C=O) groups excluding carboxylic acids is 1. The Bertz CT molecular complexity index is 802. The first kappa shape index (κ1) is 21.3. The van der Waals surface area contributed by atoms with Gasteiger partial charge in [-0.2, -0.15) is 0 Å². The Morgan fingerprint density at radius 2 is 1.85 bits per heavy atom. The van der Waals surface area contributed by atoms with Crippen LogP contribution in [0.25, 0.3) is 10.9 Å². The molecule has 0 aliphatic heterocycles. The predicted molar refractivity (Wildman–Crippen MR) is 106 cm³/mol. The van der Waals surface area contributed by atoms with Gasteiger partial charge in [-0.3, -0.25) is 9.78 Å². The number of rotatable bonds is 8. The van der Waals surface area contributed by atoms with Gasteiger partial charge in [0.1, 0.15) is 5.52 Å². The SMILES string of the molecule is CC(C)CCC(C)CCC(C)(C)NC(=O)c1cnc2c(F)c(F)ccc2c1. The van der Waals surface area contributed by atoms with E-state index < -0.39 is 11.6 Å². The van der Waals surface area contributed by atoms with Crippen LogP contribution in [0.15, 0.2) is 24.4 Å². The van der Waals surface area contributed by atoms with E-state index in [4.69, 9.17) is 0 Å². The average Bonchev–Trinajstić information content (AvgIpc) is 2.60. The van der Waals surface area contributed by atoms with Gasteiger partial charge < -0.3 is 5.32 Å². The van der Waals surface area contributed by atoms with E-state index in [1.54, 1.807) is 6.07 Å². The summed E-state index contributed by atoms with van der Waals surface area (Å²) in [4.78, 5) is 16.5. The van der Waals surface area contributed by atoms with Gasteiger partial charge in [-0.15, -0.1) is 0 Å². The maximum Gasteiger partial charge on any atom is 0.253 e. The number of benzene rings is 1. The van der Waals surface area contributed by atoms with Crippen LogP contribution in [-0.2, 0) is 0 Å². The fourth-order valence-corrected chi connectivity index (χ4v) is 3.08. The molecule has 3 nitrogen and oxygen atoms in total. The predicted octanol–water partition coefficient (Wildman–Crippen LogP) is 5.87. The van der Waals surface area contributed by atoms with Crippen molar-refractivity contribution in [1.29, 1.82) is 0 Å². The summed E-state index contributed by atoms with van der Waals surface area (Å²) in [7, 11) is 0. The first-order valence-electron chi connectivity index (χ1n) is 9.65. The van der Waals surface area contributed by atoms with Crippen LogP contribution in [0, 0.1) is 23.5 Å². The number of halogens is 2. The lowest BCUT2D eigenvalue weighted by atomic mass is 9.89. The van der Waals surface area contributed by atoms with Crippen molar-refractivity contribution < 1.29 is 13.6 Å². The minimum absolute atomic E-state index is 0.0650. The zero-order valence-corrected chi connectivity index (χ0v) is 16.9. The molecule has 0 fully saturated rings. The highest BCUT2D eigenvalue weighted by molar-refractivity contribution is 5.97. The van der Waals surface area contributed by atoms with Gasteiger partial charge in [0.25, 0.3) is 5.91 Å². The largest absolute Gasteiger partial charge is 0.347 e. The van der Waals surface area contributed by atoms with E-state index in [1.165, 1.54) is 25.1 Å². The van der Waals surface area contributed by atoms with Crippen molar-refractivity contribution in [1.82, 2.24) is 10.3 Å². The molecular weight excluding hydrogens is 346 g/mol. The molecule has 2 rings (SSSR count). The van der Waals surface area contributed by atoms with Gasteiger partial charge in [-0.1, -0.05) is 33.6 Å². The first-order chi connectivity index (χ1) is 12.6. The lowest BCUT2D eigenvalue weighted by molar-refractivity contribution is 0.0905. The lowest BCUT2D eigenvalue weighted by Crippen LogP contribution is -2.43.